The number of hydrogen-bond acceptors (Lipinski definition) is 11. The van der Waals surface area contributed by atoms with Crippen LogP contribution in [0, 0.1) is 16.7 Å². The van der Waals surface area contributed by atoms with Gasteiger partial charge in [0.15, 0.2) is 11.6 Å². The van der Waals surface area contributed by atoms with Gasteiger partial charge in [-0.15, -0.1) is 10.2 Å². The Bertz CT molecular complexity index is 1900. The third-order valence-corrected chi connectivity index (χ3v) is 10.2. The molecule has 2 saturated heterocycles. The Kier molecular flexibility index (Phi) is 6.69. The fourth-order valence-electron chi connectivity index (χ4n) is 7.86. The summed E-state index contributed by atoms with van der Waals surface area (Å²) in [5, 5.41) is 20.4. The van der Waals surface area contributed by atoms with E-state index in [2.05, 4.69) is 15.5 Å². The number of benzene rings is 2. The van der Waals surface area contributed by atoms with Crippen molar-refractivity contribution >= 4 is 35.4 Å². The molecule has 1 aromatic heterocycles. The molecule has 3 aromatic rings. The summed E-state index contributed by atoms with van der Waals surface area (Å²) in [4.78, 5) is 66.0. The molecule has 14 nitrogen and oxygen atoms in total. The van der Waals surface area contributed by atoms with Gasteiger partial charge in [-0.05, 0) is 56.0 Å². The third kappa shape index (κ3) is 4.73. The van der Waals surface area contributed by atoms with Crippen LogP contribution in [0.2, 0.25) is 0 Å². The lowest BCUT2D eigenvalue weighted by molar-refractivity contribution is -0.229. The molecule has 9 rings (SSSR count). The number of imide groups is 2. The first-order valence-corrected chi connectivity index (χ1v) is 15.9. The van der Waals surface area contributed by atoms with E-state index in [4.69, 9.17) is 15.2 Å². The standard InChI is InChI=1S/C34H32N6O8/c35-28-26(10-23(37-38-28)21-3-1-2-4-25(21)41)48-17-33-14-34(15-33,16-33)32(46)39-11-18(12-39)13-47-19-5-6-20-22(9-19)31(45)40(30(20)44)24-7-8-27(42)36-29(24)43/h1-6,9-10,18,24,41H,7-8,11-17H2,(H2,35,38)(H,36,42,43). The molecule has 48 heavy (non-hydrogen) atoms. The molecule has 1 unspecified atom stereocenters. The molecule has 0 spiro atoms. The van der Waals surface area contributed by atoms with E-state index < -0.39 is 29.7 Å². The number of phenolic OH excluding ortho intramolecular Hbond substituents is 1. The number of piperidine rings is 1. The Morgan fingerprint density at radius 3 is 2.46 bits per heavy atom. The van der Waals surface area contributed by atoms with Gasteiger partial charge in [-0.3, -0.25) is 34.2 Å². The number of para-hydroxylation sites is 1. The maximum Gasteiger partial charge on any atom is 0.262 e. The van der Waals surface area contributed by atoms with E-state index in [0.29, 0.717) is 49.1 Å². The second-order valence-corrected chi connectivity index (χ2v) is 13.6. The monoisotopic (exact) mass is 652 g/mol. The number of amides is 5. The first-order valence-electron chi connectivity index (χ1n) is 15.9. The van der Waals surface area contributed by atoms with Crippen LogP contribution in [0.3, 0.4) is 0 Å². The normalized spacial score (nSPS) is 25.9. The zero-order valence-electron chi connectivity index (χ0n) is 25.8. The van der Waals surface area contributed by atoms with Gasteiger partial charge < -0.3 is 25.2 Å². The van der Waals surface area contributed by atoms with Gasteiger partial charge in [-0.1, -0.05) is 12.1 Å². The van der Waals surface area contributed by atoms with Gasteiger partial charge in [-0.25, -0.2) is 0 Å². The smallest absolute Gasteiger partial charge is 0.262 e. The lowest BCUT2D eigenvalue weighted by Gasteiger charge is -2.70. The number of fused-ring (bicyclic) bond motifs is 1. The Labute approximate surface area is 274 Å². The maximum absolute atomic E-state index is 13.3. The fraction of sp³-hybridized carbons (Fsp3) is 0.382. The predicted octanol–water partition coefficient (Wildman–Crippen LogP) is 1.92. The highest BCUT2D eigenvalue weighted by atomic mass is 16.5. The minimum atomic E-state index is -1.02. The van der Waals surface area contributed by atoms with E-state index >= 15 is 0 Å². The van der Waals surface area contributed by atoms with E-state index in [-0.39, 0.29) is 58.2 Å². The van der Waals surface area contributed by atoms with Crippen molar-refractivity contribution in [1.29, 1.82) is 0 Å². The molecule has 14 heteroatoms. The predicted molar refractivity (Wildman–Crippen MR) is 166 cm³/mol. The molecular weight excluding hydrogens is 620 g/mol. The number of anilines is 1. The first-order chi connectivity index (χ1) is 23.0. The Morgan fingerprint density at radius 1 is 0.958 bits per heavy atom. The van der Waals surface area contributed by atoms with Crippen molar-refractivity contribution in [2.45, 2.75) is 38.1 Å². The number of carbonyl (C=O) groups is 5. The average Bonchev–Trinajstić information content (AvgIpc) is 3.25. The lowest BCUT2D eigenvalue weighted by Crippen LogP contribution is -2.71. The summed E-state index contributed by atoms with van der Waals surface area (Å²) in [6.07, 6.45) is 2.39. The van der Waals surface area contributed by atoms with Crippen LogP contribution in [0.5, 0.6) is 17.2 Å². The summed E-state index contributed by atoms with van der Waals surface area (Å²) in [5.41, 5.74) is 6.92. The number of carbonyl (C=O) groups excluding carboxylic acids is 5. The molecule has 2 aromatic carbocycles. The van der Waals surface area contributed by atoms with Crippen LogP contribution in [0.25, 0.3) is 11.3 Å². The van der Waals surface area contributed by atoms with E-state index in [1.165, 1.54) is 12.1 Å². The van der Waals surface area contributed by atoms with Crippen LogP contribution >= 0.6 is 0 Å². The summed E-state index contributed by atoms with van der Waals surface area (Å²) in [6.45, 7) is 1.90. The van der Waals surface area contributed by atoms with Crippen molar-refractivity contribution in [2.75, 3.05) is 32.0 Å². The van der Waals surface area contributed by atoms with E-state index in [1.54, 1.807) is 36.4 Å². The first kappa shape index (κ1) is 29.8. The SMILES string of the molecule is Nc1nnc(-c2ccccc2O)cc1OCC12CC(C(=O)N3CC(COc4ccc5c(c4)C(=O)N(C4CCC(=O)NC4=O)C5=O)C3)(C1)C2. The number of phenols is 1. The van der Waals surface area contributed by atoms with E-state index in [9.17, 15) is 29.1 Å². The Hall–Kier alpha value is -5.53. The van der Waals surface area contributed by atoms with Gasteiger partial charge in [0.1, 0.15) is 23.2 Å². The van der Waals surface area contributed by atoms with Crippen molar-refractivity contribution in [1.82, 2.24) is 25.3 Å². The molecule has 3 aliphatic heterocycles. The van der Waals surface area contributed by atoms with Crippen molar-refractivity contribution in [3.63, 3.8) is 0 Å². The van der Waals surface area contributed by atoms with Crippen molar-refractivity contribution in [2.24, 2.45) is 16.7 Å². The number of ether oxygens (including phenoxy) is 2. The molecule has 2 bridgehead atoms. The second kappa shape index (κ2) is 10.8. The number of nitrogens with zero attached hydrogens (tertiary/aromatic N) is 4. The fourth-order valence-corrected chi connectivity index (χ4v) is 7.86. The summed E-state index contributed by atoms with van der Waals surface area (Å²) < 4.78 is 12.0. The zero-order valence-corrected chi connectivity index (χ0v) is 25.8. The molecule has 4 N–H and O–H groups in total. The van der Waals surface area contributed by atoms with Crippen molar-refractivity contribution in [3.8, 4) is 28.5 Å². The molecule has 1 atom stereocenters. The van der Waals surface area contributed by atoms with Gasteiger partial charge >= 0.3 is 0 Å². The van der Waals surface area contributed by atoms with Gasteiger partial charge in [-0.2, -0.15) is 0 Å². The number of likely N-dealkylation sites (tertiary alicyclic amines) is 1. The molecule has 3 aliphatic carbocycles. The van der Waals surface area contributed by atoms with E-state index in [0.717, 1.165) is 24.2 Å². The van der Waals surface area contributed by atoms with Crippen LogP contribution in [-0.2, 0) is 14.4 Å². The molecular formula is C34H32N6O8. The minimum Gasteiger partial charge on any atom is -0.507 e. The second-order valence-electron chi connectivity index (χ2n) is 13.6. The highest BCUT2D eigenvalue weighted by Gasteiger charge is 2.72. The van der Waals surface area contributed by atoms with Crippen LogP contribution in [0.15, 0.2) is 48.5 Å². The maximum atomic E-state index is 13.3. The van der Waals surface area contributed by atoms with Crippen LogP contribution in [0.4, 0.5) is 5.82 Å². The number of hydrogen-bond donors (Lipinski definition) is 3. The van der Waals surface area contributed by atoms with Crippen molar-refractivity contribution in [3.05, 3.63) is 59.7 Å². The number of aromatic hydroxyl groups is 1. The van der Waals surface area contributed by atoms with Gasteiger partial charge in [0.25, 0.3) is 11.8 Å². The van der Waals surface area contributed by atoms with Crippen LogP contribution in [-0.4, -0.2) is 87.0 Å². The average molecular weight is 653 g/mol. The highest BCUT2D eigenvalue weighted by Crippen LogP contribution is 2.74. The van der Waals surface area contributed by atoms with E-state index in [1.807, 2.05) is 4.90 Å². The Morgan fingerprint density at radius 2 is 1.71 bits per heavy atom. The third-order valence-electron chi connectivity index (χ3n) is 10.2. The molecule has 6 aliphatic rings. The van der Waals surface area contributed by atoms with Crippen LogP contribution < -0.4 is 20.5 Å². The van der Waals surface area contributed by atoms with Crippen molar-refractivity contribution < 1.29 is 38.6 Å². The lowest BCUT2D eigenvalue weighted by atomic mass is 9.35. The number of rotatable bonds is 9. The molecule has 5 fully saturated rings. The molecule has 5 amide bonds. The molecule has 0 radical (unpaired) electrons. The summed E-state index contributed by atoms with van der Waals surface area (Å²) in [7, 11) is 0. The summed E-state index contributed by atoms with van der Waals surface area (Å²) in [5.74, 6) is -0.893. The topological polar surface area (TPSA) is 194 Å². The molecule has 3 saturated carbocycles. The summed E-state index contributed by atoms with van der Waals surface area (Å²) >= 11 is 0. The number of nitrogens with two attached hydrogens (primary N) is 1. The highest BCUT2D eigenvalue weighted by molar-refractivity contribution is 6.23. The summed E-state index contributed by atoms with van der Waals surface area (Å²) in [6, 6.07) is 12.1. The van der Waals surface area contributed by atoms with Crippen LogP contribution in [0.1, 0.15) is 52.8 Å². The quantitative estimate of drug-likeness (QED) is 0.286. The number of aromatic nitrogens is 2. The Balaban J connectivity index is 0.808. The minimum absolute atomic E-state index is 0.0545. The largest absolute Gasteiger partial charge is 0.507 e. The molecule has 246 valence electrons. The zero-order chi connectivity index (χ0) is 33.4. The molecule has 4 heterocycles. The number of nitrogen functional groups attached to an aromatic ring is 1. The van der Waals surface area contributed by atoms with Gasteiger partial charge in [0, 0.05) is 42.5 Å². The van der Waals surface area contributed by atoms with Gasteiger partial charge in [0.05, 0.1) is 29.8 Å². The number of nitrogens with one attached hydrogen (secondary N) is 1. The van der Waals surface area contributed by atoms with Gasteiger partial charge in [0.2, 0.25) is 17.7 Å².